The van der Waals surface area contributed by atoms with Gasteiger partial charge in [0.25, 0.3) is 0 Å². The third kappa shape index (κ3) is 3.65. The van der Waals surface area contributed by atoms with Crippen LogP contribution in [-0.2, 0) is 22.7 Å². The van der Waals surface area contributed by atoms with Gasteiger partial charge in [-0.15, -0.1) is 11.3 Å². The zero-order valence-electron chi connectivity index (χ0n) is 14.6. The summed E-state index contributed by atoms with van der Waals surface area (Å²) >= 11 is 1.55. The van der Waals surface area contributed by atoms with E-state index in [4.69, 9.17) is 18.4 Å². The van der Waals surface area contributed by atoms with Crippen LogP contribution in [0.1, 0.15) is 28.7 Å². The largest absolute Gasteiger partial charge is 0.453 e. The Morgan fingerprint density at radius 2 is 2.07 bits per heavy atom. The fourth-order valence-corrected chi connectivity index (χ4v) is 3.40. The molecule has 6 nitrogen and oxygen atoms in total. The maximum atomic E-state index is 12.6. The fourth-order valence-electron chi connectivity index (χ4n) is 2.73. The molecular weight excluding hydrogens is 366 g/mol. The van der Waals surface area contributed by atoms with Gasteiger partial charge in [-0.1, -0.05) is 29.4 Å². The lowest BCUT2D eigenvalue weighted by Crippen LogP contribution is -2.07. The van der Waals surface area contributed by atoms with Crippen LogP contribution in [0.25, 0.3) is 21.6 Å². The summed E-state index contributed by atoms with van der Waals surface area (Å²) in [6.07, 6.45) is 0. The monoisotopic (exact) mass is 383 g/mol. The number of carbonyl (C=O) groups excluding carboxylic acids is 1. The lowest BCUT2D eigenvalue weighted by Gasteiger charge is -2.03. The van der Waals surface area contributed by atoms with Crippen LogP contribution >= 0.6 is 11.3 Å². The first kappa shape index (κ1) is 17.5. The van der Waals surface area contributed by atoms with Crippen molar-refractivity contribution < 1.29 is 23.2 Å². The van der Waals surface area contributed by atoms with E-state index < -0.39 is 5.97 Å². The number of para-hydroxylation sites is 1. The molecule has 0 aliphatic heterocycles. The molecule has 0 spiro atoms. The SMILES string of the molecule is CCOCc1c(C(=O)OCc2cc(-c3cccs3)on2)oc2ccccc12. The van der Waals surface area contributed by atoms with E-state index >= 15 is 0 Å². The molecule has 0 aliphatic carbocycles. The number of carbonyl (C=O) groups is 1. The van der Waals surface area contributed by atoms with Crippen LogP contribution in [0.2, 0.25) is 0 Å². The predicted octanol–water partition coefficient (Wildman–Crippen LogP) is 5.04. The van der Waals surface area contributed by atoms with E-state index in [1.165, 1.54) is 0 Å². The van der Waals surface area contributed by atoms with E-state index in [1.807, 2.05) is 48.7 Å². The summed E-state index contributed by atoms with van der Waals surface area (Å²) in [5, 5.41) is 6.76. The van der Waals surface area contributed by atoms with Crippen LogP contribution in [0.15, 0.2) is 56.8 Å². The van der Waals surface area contributed by atoms with Crippen LogP contribution in [-0.4, -0.2) is 17.7 Å². The Labute approximate surface area is 159 Å². The molecule has 0 atom stereocenters. The molecule has 0 saturated heterocycles. The van der Waals surface area contributed by atoms with Crippen molar-refractivity contribution in [3.63, 3.8) is 0 Å². The van der Waals surface area contributed by atoms with Crippen molar-refractivity contribution in [1.82, 2.24) is 5.16 Å². The molecule has 3 heterocycles. The topological polar surface area (TPSA) is 74.7 Å². The van der Waals surface area contributed by atoms with Crippen LogP contribution in [0.5, 0.6) is 0 Å². The van der Waals surface area contributed by atoms with Gasteiger partial charge < -0.3 is 18.4 Å². The molecule has 0 saturated carbocycles. The first-order valence-electron chi connectivity index (χ1n) is 8.51. The first-order valence-corrected chi connectivity index (χ1v) is 9.39. The fraction of sp³-hybridized carbons (Fsp3) is 0.200. The van der Waals surface area contributed by atoms with Gasteiger partial charge in [0.1, 0.15) is 17.9 Å². The van der Waals surface area contributed by atoms with Crippen molar-refractivity contribution in [2.45, 2.75) is 20.1 Å². The Bertz CT molecular complexity index is 1050. The third-order valence-electron chi connectivity index (χ3n) is 4.01. The first-order chi connectivity index (χ1) is 13.3. The Balaban J connectivity index is 1.51. The molecule has 4 rings (SSSR count). The van der Waals surface area contributed by atoms with Crippen molar-refractivity contribution in [1.29, 1.82) is 0 Å². The van der Waals surface area contributed by atoms with E-state index in [-0.39, 0.29) is 19.0 Å². The highest BCUT2D eigenvalue weighted by atomic mass is 32.1. The number of benzene rings is 1. The maximum absolute atomic E-state index is 12.6. The van der Waals surface area contributed by atoms with Gasteiger partial charge in [0.15, 0.2) is 5.76 Å². The minimum atomic E-state index is -0.554. The summed E-state index contributed by atoms with van der Waals surface area (Å²) in [6.45, 7) is 2.72. The number of ether oxygens (including phenoxy) is 2. The van der Waals surface area contributed by atoms with Crippen molar-refractivity contribution in [3.8, 4) is 10.6 Å². The van der Waals surface area contributed by atoms with Crippen molar-refractivity contribution >= 4 is 28.3 Å². The van der Waals surface area contributed by atoms with Gasteiger partial charge in [0, 0.05) is 23.6 Å². The molecule has 3 aromatic heterocycles. The summed E-state index contributed by atoms with van der Waals surface area (Å²) in [5.74, 6) is 0.255. The molecule has 0 amide bonds. The van der Waals surface area contributed by atoms with E-state index in [9.17, 15) is 4.79 Å². The molecule has 0 bridgehead atoms. The summed E-state index contributed by atoms with van der Waals surface area (Å²) < 4.78 is 21.9. The number of rotatable bonds is 7. The Morgan fingerprint density at radius 3 is 2.89 bits per heavy atom. The molecule has 0 fully saturated rings. The second kappa shape index (κ2) is 7.77. The smallest absolute Gasteiger partial charge is 0.375 e. The normalized spacial score (nSPS) is 11.1. The molecule has 0 unspecified atom stereocenters. The van der Waals surface area contributed by atoms with Gasteiger partial charge in [0.2, 0.25) is 5.76 Å². The van der Waals surface area contributed by atoms with Gasteiger partial charge in [-0.05, 0) is 24.4 Å². The van der Waals surface area contributed by atoms with E-state index in [0.29, 0.717) is 29.2 Å². The Hall–Kier alpha value is -2.90. The van der Waals surface area contributed by atoms with Gasteiger partial charge in [-0.25, -0.2) is 4.79 Å². The minimum absolute atomic E-state index is 0.00116. The van der Waals surface area contributed by atoms with Gasteiger partial charge in [-0.2, -0.15) is 0 Å². The molecule has 1 aromatic carbocycles. The number of nitrogens with zero attached hydrogens (tertiary/aromatic N) is 1. The molecule has 0 aliphatic rings. The zero-order valence-corrected chi connectivity index (χ0v) is 15.5. The number of hydrogen-bond acceptors (Lipinski definition) is 7. The molecular formula is C20H17NO5S. The quantitative estimate of drug-likeness (QED) is 0.416. The molecule has 138 valence electrons. The van der Waals surface area contributed by atoms with Gasteiger partial charge in [0.05, 0.1) is 11.5 Å². The van der Waals surface area contributed by atoms with Crippen LogP contribution in [0.3, 0.4) is 0 Å². The highest BCUT2D eigenvalue weighted by molar-refractivity contribution is 7.13. The van der Waals surface area contributed by atoms with E-state index in [0.717, 1.165) is 10.3 Å². The average molecular weight is 383 g/mol. The minimum Gasteiger partial charge on any atom is -0.453 e. The Morgan fingerprint density at radius 1 is 1.19 bits per heavy atom. The second-order valence-electron chi connectivity index (χ2n) is 5.78. The number of fused-ring (bicyclic) bond motifs is 1. The summed E-state index contributed by atoms with van der Waals surface area (Å²) in [6, 6.07) is 13.1. The maximum Gasteiger partial charge on any atom is 0.375 e. The third-order valence-corrected chi connectivity index (χ3v) is 4.89. The molecule has 7 heteroatoms. The highest BCUT2D eigenvalue weighted by Gasteiger charge is 2.22. The van der Waals surface area contributed by atoms with E-state index in [1.54, 1.807) is 17.4 Å². The van der Waals surface area contributed by atoms with Gasteiger partial charge in [-0.3, -0.25) is 0 Å². The number of thiophene rings is 1. The number of furan rings is 1. The molecule has 0 radical (unpaired) electrons. The van der Waals surface area contributed by atoms with Crippen LogP contribution in [0, 0.1) is 0 Å². The lowest BCUT2D eigenvalue weighted by molar-refractivity contribution is 0.0422. The average Bonchev–Trinajstić information content (AvgIpc) is 3.43. The summed E-state index contributed by atoms with van der Waals surface area (Å²) in [4.78, 5) is 13.5. The lowest BCUT2D eigenvalue weighted by atomic mass is 10.1. The number of esters is 1. The standard InChI is InChI=1S/C20H17NO5S/c1-2-23-12-15-14-6-3-4-7-16(14)25-19(15)20(22)24-11-13-10-17(26-21-13)18-8-5-9-27-18/h3-10H,2,11-12H2,1H3. The van der Waals surface area contributed by atoms with Crippen LogP contribution < -0.4 is 0 Å². The van der Waals surface area contributed by atoms with Gasteiger partial charge >= 0.3 is 5.97 Å². The second-order valence-corrected chi connectivity index (χ2v) is 6.73. The highest BCUT2D eigenvalue weighted by Crippen LogP contribution is 2.28. The van der Waals surface area contributed by atoms with Crippen molar-refractivity contribution in [3.05, 3.63) is 64.9 Å². The van der Waals surface area contributed by atoms with Crippen LogP contribution in [0.4, 0.5) is 0 Å². The molecule has 4 aromatic rings. The molecule has 27 heavy (non-hydrogen) atoms. The predicted molar refractivity (Wildman–Crippen MR) is 100 cm³/mol. The number of hydrogen-bond donors (Lipinski definition) is 0. The number of aromatic nitrogens is 1. The van der Waals surface area contributed by atoms with E-state index in [2.05, 4.69) is 5.16 Å². The Kier molecular flexibility index (Phi) is 5.04. The zero-order chi connectivity index (χ0) is 18.6. The van der Waals surface area contributed by atoms with Crippen molar-refractivity contribution in [2.24, 2.45) is 0 Å². The van der Waals surface area contributed by atoms with Crippen molar-refractivity contribution in [2.75, 3.05) is 6.61 Å². The molecule has 0 N–H and O–H groups in total. The summed E-state index contributed by atoms with van der Waals surface area (Å²) in [7, 11) is 0. The summed E-state index contributed by atoms with van der Waals surface area (Å²) in [5.41, 5.74) is 1.85.